The summed E-state index contributed by atoms with van der Waals surface area (Å²) < 4.78 is 21.2. The van der Waals surface area contributed by atoms with Crippen LogP contribution in [0.15, 0.2) is 54.6 Å². The number of aliphatic hydroxyl groups excluding tert-OH is 3. The van der Waals surface area contributed by atoms with Crippen molar-refractivity contribution < 1.29 is 39.1 Å². The van der Waals surface area contributed by atoms with Crippen LogP contribution in [0.4, 0.5) is 0 Å². The Kier molecular flexibility index (Phi) is 7.18. The van der Waals surface area contributed by atoms with Crippen LogP contribution in [-0.2, 0) is 20.8 Å². The molecular formula is C21H24O8. The normalized spacial score (nSPS) is 26.7. The number of ether oxygens (including phenoxy) is 4. The average Bonchev–Trinajstić information content (AvgIpc) is 2.76. The summed E-state index contributed by atoms with van der Waals surface area (Å²) in [6, 6.07) is 16.0. The topological polar surface area (TPSA) is 115 Å². The summed E-state index contributed by atoms with van der Waals surface area (Å²) in [5.74, 6) is -0.160. The summed E-state index contributed by atoms with van der Waals surface area (Å²) in [7, 11) is 1.30. The highest BCUT2D eigenvalue weighted by Gasteiger charge is 2.46. The molecule has 1 aliphatic heterocycles. The highest BCUT2D eigenvalue weighted by atomic mass is 16.7. The van der Waals surface area contributed by atoms with Gasteiger partial charge < -0.3 is 34.3 Å². The zero-order valence-corrected chi connectivity index (χ0v) is 15.9. The van der Waals surface area contributed by atoms with E-state index in [4.69, 9.17) is 18.9 Å². The zero-order chi connectivity index (χ0) is 20.8. The van der Waals surface area contributed by atoms with Crippen LogP contribution in [0.2, 0.25) is 0 Å². The van der Waals surface area contributed by atoms with E-state index in [9.17, 15) is 20.1 Å². The molecule has 3 rings (SSSR count). The van der Waals surface area contributed by atoms with Crippen LogP contribution in [-0.4, -0.2) is 65.7 Å². The second kappa shape index (κ2) is 9.82. The summed E-state index contributed by atoms with van der Waals surface area (Å²) in [5, 5.41) is 29.8. The first kappa shape index (κ1) is 21.2. The Morgan fingerprint density at radius 2 is 1.72 bits per heavy atom. The molecule has 0 aromatic heterocycles. The predicted molar refractivity (Wildman–Crippen MR) is 101 cm³/mol. The number of methoxy groups -OCH3 is 1. The molecule has 1 heterocycles. The maximum Gasteiger partial charge on any atom is 0.338 e. The summed E-state index contributed by atoms with van der Waals surface area (Å²) in [5.41, 5.74) is 1.24. The van der Waals surface area contributed by atoms with Gasteiger partial charge in [0.2, 0.25) is 0 Å². The molecule has 3 N–H and O–H groups in total. The molecule has 1 aliphatic rings. The van der Waals surface area contributed by atoms with E-state index >= 15 is 0 Å². The Bertz CT molecular complexity index is 763. The molecule has 0 radical (unpaired) electrons. The molecule has 5 atom stereocenters. The van der Waals surface area contributed by atoms with Crippen LogP contribution in [0, 0.1) is 0 Å². The van der Waals surface area contributed by atoms with Gasteiger partial charge in [0.1, 0.15) is 30.7 Å². The molecule has 0 amide bonds. The van der Waals surface area contributed by atoms with Crippen molar-refractivity contribution in [1.29, 1.82) is 0 Å². The maximum absolute atomic E-state index is 12.5. The lowest BCUT2D eigenvalue weighted by molar-refractivity contribution is -0.293. The van der Waals surface area contributed by atoms with Crippen molar-refractivity contribution in [2.75, 3.05) is 13.7 Å². The van der Waals surface area contributed by atoms with E-state index in [1.807, 2.05) is 30.3 Å². The molecule has 0 saturated carbocycles. The molecule has 0 unspecified atom stereocenters. The molecule has 0 bridgehead atoms. The molecule has 156 valence electrons. The first-order valence-electron chi connectivity index (χ1n) is 9.16. The highest BCUT2D eigenvalue weighted by molar-refractivity contribution is 5.89. The molecule has 29 heavy (non-hydrogen) atoms. The predicted octanol–water partition coefficient (Wildman–Crippen LogP) is 0.876. The van der Waals surface area contributed by atoms with Crippen molar-refractivity contribution in [3.05, 3.63) is 65.7 Å². The van der Waals surface area contributed by atoms with E-state index in [0.717, 1.165) is 5.56 Å². The van der Waals surface area contributed by atoms with Crippen molar-refractivity contribution in [1.82, 2.24) is 0 Å². The minimum absolute atomic E-state index is 0.220. The first-order valence-corrected chi connectivity index (χ1v) is 9.16. The Labute approximate surface area is 168 Å². The van der Waals surface area contributed by atoms with Crippen LogP contribution in [0.3, 0.4) is 0 Å². The summed E-state index contributed by atoms with van der Waals surface area (Å²) >= 11 is 0. The second-order valence-electron chi connectivity index (χ2n) is 6.61. The average molecular weight is 404 g/mol. The van der Waals surface area contributed by atoms with Crippen molar-refractivity contribution in [3.8, 4) is 5.75 Å². The minimum Gasteiger partial charge on any atom is -0.489 e. The van der Waals surface area contributed by atoms with Crippen molar-refractivity contribution in [2.24, 2.45) is 0 Å². The maximum atomic E-state index is 12.5. The van der Waals surface area contributed by atoms with E-state index < -0.39 is 43.3 Å². The van der Waals surface area contributed by atoms with Crippen molar-refractivity contribution >= 4 is 5.97 Å². The largest absolute Gasteiger partial charge is 0.489 e. The number of aliphatic hydroxyl groups is 3. The molecule has 8 nitrogen and oxygen atoms in total. The zero-order valence-electron chi connectivity index (χ0n) is 15.9. The van der Waals surface area contributed by atoms with Gasteiger partial charge >= 0.3 is 5.97 Å². The Balaban J connectivity index is 1.62. The molecule has 2 aromatic carbocycles. The van der Waals surface area contributed by atoms with E-state index in [1.54, 1.807) is 12.1 Å². The van der Waals surface area contributed by atoms with Crippen LogP contribution < -0.4 is 4.74 Å². The molecule has 1 saturated heterocycles. The minimum atomic E-state index is -1.41. The monoisotopic (exact) mass is 404 g/mol. The Morgan fingerprint density at radius 1 is 1.03 bits per heavy atom. The fourth-order valence-electron chi connectivity index (χ4n) is 3.01. The second-order valence-corrected chi connectivity index (χ2v) is 6.61. The smallest absolute Gasteiger partial charge is 0.338 e. The van der Waals surface area contributed by atoms with Gasteiger partial charge in [-0.05, 0) is 29.8 Å². The van der Waals surface area contributed by atoms with Crippen molar-refractivity contribution in [3.63, 3.8) is 0 Å². The van der Waals surface area contributed by atoms with Gasteiger partial charge in [-0.3, -0.25) is 0 Å². The Hall–Kier alpha value is -2.49. The van der Waals surface area contributed by atoms with E-state index in [2.05, 4.69) is 0 Å². The number of benzene rings is 2. The summed E-state index contributed by atoms with van der Waals surface area (Å²) in [4.78, 5) is 12.5. The van der Waals surface area contributed by atoms with Gasteiger partial charge in [0.25, 0.3) is 0 Å². The van der Waals surface area contributed by atoms with Crippen LogP contribution in [0.25, 0.3) is 0 Å². The van der Waals surface area contributed by atoms with Crippen LogP contribution in [0.1, 0.15) is 15.9 Å². The van der Waals surface area contributed by atoms with Crippen LogP contribution in [0.5, 0.6) is 5.75 Å². The molecule has 0 spiro atoms. The van der Waals surface area contributed by atoms with E-state index in [0.29, 0.717) is 12.4 Å². The van der Waals surface area contributed by atoms with Crippen molar-refractivity contribution in [2.45, 2.75) is 37.3 Å². The van der Waals surface area contributed by atoms with Gasteiger partial charge in [-0.25, -0.2) is 4.79 Å². The number of rotatable bonds is 7. The molecule has 8 heteroatoms. The van der Waals surface area contributed by atoms with Gasteiger partial charge in [-0.1, -0.05) is 30.3 Å². The summed E-state index contributed by atoms with van der Waals surface area (Å²) in [6.45, 7) is -0.124. The SMILES string of the molecule is CO[C@H]1O[C@H](CO)[C@H](O)[C@H](OC(=O)c2ccc(OCc3ccccc3)cc2)[C@H]1O. The molecule has 2 aromatic rings. The third-order valence-electron chi connectivity index (χ3n) is 4.64. The van der Waals surface area contributed by atoms with E-state index in [-0.39, 0.29) is 5.56 Å². The quantitative estimate of drug-likeness (QED) is 0.583. The number of carbonyl (C=O) groups excluding carboxylic acids is 1. The van der Waals surface area contributed by atoms with E-state index in [1.165, 1.54) is 19.2 Å². The highest BCUT2D eigenvalue weighted by Crippen LogP contribution is 2.25. The number of esters is 1. The fourth-order valence-corrected chi connectivity index (χ4v) is 3.01. The fraction of sp³-hybridized carbons (Fsp3) is 0.381. The number of carbonyl (C=O) groups is 1. The lowest BCUT2D eigenvalue weighted by Gasteiger charge is -2.40. The van der Waals surface area contributed by atoms with Gasteiger partial charge in [0.15, 0.2) is 12.4 Å². The third kappa shape index (κ3) is 5.11. The summed E-state index contributed by atoms with van der Waals surface area (Å²) in [6.07, 6.45) is -6.31. The van der Waals surface area contributed by atoms with Gasteiger partial charge in [-0.2, -0.15) is 0 Å². The van der Waals surface area contributed by atoms with Crippen LogP contribution >= 0.6 is 0 Å². The first-order chi connectivity index (χ1) is 14.0. The third-order valence-corrected chi connectivity index (χ3v) is 4.64. The number of hydrogen-bond donors (Lipinski definition) is 3. The molecule has 1 fully saturated rings. The lowest BCUT2D eigenvalue weighted by Crippen LogP contribution is -2.60. The molecule has 0 aliphatic carbocycles. The standard InChI is InChI=1S/C21H24O8/c1-26-21-18(24)19(17(23)16(11-22)28-21)29-20(25)14-7-9-15(10-8-14)27-12-13-5-3-2-4-6-13/h2-10,16-19,21-24H,11-12H2,1H3/t16-,17+,18-,19+,21+/m1/s1. The lowest BCUT2D eigenvalue weighted by atomic mass is 9.99. The van der Waals surface area contributed by atoms with Gasteiger partial charge in [-0.15, -0.1) is 0 Å². The molecular weight excluding hydrogens is 380 g/mol. The Morgan fingerprint density at radius 3 is 2.34 bits per heavy atom. The van der Waals surface area contributed by atoms with Gasteiger partial charge in [0, 0.05) is 7.11 Å². The number of hydrogen-bond acceptors (Lipinski definition) is 8. The van der Waals surface area contributed by atoms with Gasteiger partial charge in [0.05, 0.1) is 12.2 Å².